The Morgan fingerprint density at radius 3 is 2.28 bits per heavy atom. The predicted octanol–water partition coefficient (Wildman–Crippen LogP) is 2.92. The zero-order chi connectivity index (χ0) is 27.3. The maximum atomic E-state index is 13.4. The Labute approximate surface area is 212 Å². The Bertz CT molecular complexity index is 1110. The maximum absolute atomic E-state index is 13.4. The van der Waals surface area contributed by atoms with Crippen LogP contribution in [0, 0.1) is 28.1 Å². The normalized spacial score (nSPS) is 28.3. The molecule has 1 aromatic carbocycles. The van der Waals surface area contributed by atoms with E-state index in [-0.39, 0.29) is 18.6 Å². The first-order valence-electron chi connectivity index (χ1n) is 12.1. The van der Waals surface area contributed by atoms with Crippen molar-refractivity contribution < 1.29 is 34.4 Å². The van der Waals surface area contributed by atoms with E-state index in [1.807, 2.05) is 26.8 Å². The van der Waals surface area contributed by atoms with E-state index in [9.17, 15) is 29.7 Å². The molecule has 4 atom stereocenters. The van der Waals surface area contributed by atoms with E-state index in [4.69, 9.17) is 4.74 Å². The van der Waals surface area contributed by atoms with Crippen molar-refractivity contribution in [3.63, 3.8) is 0 Å². The van der Waals surface area contributed by atoms with Gasteiger partial charge in [-0.2, -0.15) is 0 Å². The molecule has 196 valence electrons. The fourth-order valence-electron chi connectivity index (χ4n) is 5.18. The second-order valence-corrected chi connectivity index (χ2v) is 12.0. The first kappa shape index (κ1) is 27.9. The van der Waals surface area contributed by atoms with Gasteiger partial charge in [0.2, 0.25) is 11.4 Å². The second kappa shape index (κ2) is 8.98. The van der Waals surface area contributed by atoms with Gasteiger partial charge in [0.1, 0.15) is 12.0 Å². The number of aliphatic hydroxyl groups excluding tert-OH is 1. The molecule has 3 N–H and O–H groups in total. The van der Waals surface area contributed by atoms with Crippen LogP contribution >= 0.6 is 0 Å². The summed E-state index contributed by atoms with van der Waals surface area (Å²) in [6.07, 6.45) is -1.85. The molecule has 1 aromatic rings. The molecule has 2 saturated heterocycles. The van der Waals surface area contributed by atoms with Crippen LogP contribution in [0.3, 0.4) is 0 Å². The molecule has 36 heavy (non-hydrogen) atoms. The van der Waals surface area contributed by atoms with Crippen LogP contribution in [-0.2, 0) is 19.1 Å². The van der Waals surface area contributed by atoms with E-state index >= 15 is 0 Å². The van der Waals surface area contributed by atoms with Crippen molar-refractivity contribution >= 4 is 17.7 Å². The molecule has 1 unspecified atom stereocenters. The Morgan fingerprint density at radius 2 is 1.75 bits per heavy atom. The van der Waals surface area contributed by atoms with Crippen LogP contribution < -0.4 is 0 Å². The third-order valence-electron chi connectivity index (χ3n) is 7.71. The van der Waals surface area contributed by atoms with E-state index in [0.717, 1.165) is 4.90 Å². The van der Waals surface area contributed by atoms with Crippen molar-refractivity contribution in [1.29, 1.82) is 0 Å². The minimum atomic E-state index is -2.26. The van der Waals surface area contributed by atoms with E-state index in [0.29, 0.717) is 5.56 Å². The predicted molar refractivity (Wildman–Crippen MR) is 132 cm³/mol. The standard InChI is InChI=1S/C28H37NO7/c1-24(2,3)22-29-21(32)26(6,7)28(35,27(29,17-36-22)23(33)34)16-12-11-15-19(30)25(4,5)20(31)18-13-9-8-10-14-18/h8-10,13-14,20,22,31,35H,11,15,17H2,1-7H3,(H,33,34)/t20?,22-,27+,28+/m1/s1. The number of carbonyl (C=O) groups excluding carboxylic acids is 2. The Hall–Kier alpha value is -2.73. The van der Waals surface area contributed by atoms with Gasteiger partial charge in [-0.3, -0.25) is 14.5 Å². The first-order valence-corrected chi connectivity index (χ1v) is 12.1. The summed E-state index contributed by atoms with van der Waals surface area (Å²) in [6.45, 7) is 11.4. The lowest BCUT2D eigenvalue weighted by molar-refractivity contribution is -0.161. The number of ether oxygens (including phenoxy) is 1. The molecular formula is C28H37NO7. The average molecular weight is 500 g/mol. The van der Waals surface area contributed by atoms with Gasteiger partial charge in [-0.1, -0.05) is 76.8 Å². The monoisotopic (exact) mass is 499 g/mol. The number of amides is 1. The number of hydrogen-bond acceptors (Lipinski definition) is 6. The number of ketones is 1. The highest BCUT2D eigenvalue weighted by atomic mass is 16.5. The van der Waals surface area contributed by atoms with Gasteiger partial charge in [0.25, 0.3) is 0 Å². The van der Waals surface area contributed by atoms with E-state index < -0.39 is 58.2 Å². The molecule has 8 nitrogen and oxygen atoms in total. The number of carbonyl (C=O) groups is 3. The lowest BCUT2D eigenvalue weighted by Gasteiger charge is -2.39. The first-order chi connectivity index (χ1) is 16.5. The number of hydrogen-bond donors (Lipinski definition) is 3. The smallest absolute Gasteiger partial charge is 0.336 e. The van der Waals surface area contributed by atoms with Crippen molar-refractivity contribution in [1.82, 2.24) is 4.90 Å². The minimum Gasteiger partial charge on any atom is -0.479 e. The minimum absolute atomic E-state index is 0.0146. The molecule has 8 heteroatoms. The number of carboxylic acid groups (broad SMARTS) is 1. The van der Waals surface area contributed by atoms with Gasteiger partial charge in [-0.05, 0) is 19.4 Å². The molecule has 0 spiro atoms. The van der Waals surface area contributed by atoms with Crippen molar-refractivity contribution in [3.05, 3.63) is 35.9 Å². The SMILES string of the molecule is CC(C)(C(=O)CCC#C[C@]1(O)C(C)(C)C(=O)N2[C@@H](C(C)(C)C)OC[C@@]21C(=O)O)C(O)c1ccccc1. The summed E-state index contributed by atoms with van der Waals surface area (Å²) in [7, 11) is 0. The zero-order valence-electron chi connectivity index (χ0n) is 22.1. The van der Waals surface area contributed by atoms with Crippen LogP contribution in [-0.4, -0.2) is 61.9 Å². The topological polar surface area (TPSA) is 124 Å². The number of aliphatic hydroxyl groups is 2. The number of aliphatic carboxylic acids is 1. The Balaban J connectivity index is 1.88. The molecule has 2 aliphatic heterocycles. The van der Waals surface area contributed by atoms with Crippen LogP contribution in [0.5, 0.6) is 0 Å². The average Bonchev–Trinajstić information content (AvgIpc) is 3.27. The fourth-order valence-corrected chi connectivity index (χ4v) is 5.18. The molecule has 0 saturated carbocycles. The van der Waals surface area contributed by atoms with Crippen molar-refractivity contribution in [3.8, 4) is 11.8 Å². The summed E-state index contributed by atoms with van der Waals surface area (Å²) in [5, 5.41) is 32.8. The number of fused-ring (bicyclic) bond motifs is 1. The van der Waals surface area contributed by atoms with Crippen LogP contribution in [0.1, 0.15) is 73.0 Å². The number of nitrogens with zero attached hydrogens (tertiary/aromatic N) is 1. The zero-order valence-corrected chi connectivity index (χ0v) is 22.1. The van der Waals surface area contributed by atoms with E-state index in [1.165, 1.54) is 13.8 Å². The molecular weight excluding hydrogens is 462 g/mol. The largest absolute Gasteiger partial charge is 0.479 e. The molecule has 0 radical (unpaired) electrons. The lowest BCUT2D eigenvalue weighted by atomic mass is 9.68. The number of rotatable bonds is 6. The van der Waals surface area contributed by atoms with Gasteiger partial charge < -0.3 is 20.1 Å². The Kier molecular flexibility index (Phi) is 6.95. The summed E-state index contributed by atoms with van der Waals surface area (Å²) >= 11 is 0. The summed E-state index contributed by atoms with van der Waals surface area (Å²) in [5.41, 5.74) is -6.92. The van der Waals surface area contributed by atoms with Crippen LogP contribution in [0.4, 0.5) is 0 Å². The molecule has 3 rings (SSSR count). The van der Waals surface area contributed by atoms with Crippen molar-refractivity contribution in [2.24, 2.45) is 16.2 Å². The van der Waals surface area contributed by atoms with Gasteiger partial charge in [-0.25, -0.2) is 4.79 Å². The highest BCUT2D eigenvalue weighted by Crippen LogP contribution is 2.56. The van der Waals surface area contributed by atoms with Crippen LogP contribution in [0.15, 0.2) is 30.3 Å². The number of carboxylic acids is 1. The van der Waals surface area contributed by atoms with Crippen molar-refractivity contribution in [2.45, 2.75) is 84.8 Å². The molecule has 2 fully saturated rings. The van der Waals surface area contributed by atoms with Gasteiger partial charge in [0.15, 0.2) is 5.60 Å². The summed E-state index contributed by atoms with van der Waals surface area (Å²) in [6, 6.07) is 8.90. The number of Topliss-reactive ketones (excluding diaryl/α,β-unsaturated/α-hetero) is 1. The number of benzene rings is 1. The molecule has 2 heterocycles. The summed E-state index contributed by atoms with van der Waals surface area (Å²) in [4.78, 5) is 40.2. The fraction of sp³-hybridized carbons (Fsp3) is 0.607. The highest BCUT2D eigenvalue weighted by molar-refractivity contribution is 5.99. The molecule has 0 bridgehead atoms. The molecule has 1 amide bonds. The molecule has 0 aromatic heterocycles. The second-order valence-electron chi connectivity index (χ2n) is 12.0. The maximum Gasteiger partial charge on any atom is 0.336 e. The summed E-state index contributed by atoms with van der Waals surface area (Å²) in [5.74, 6) is 3.27. The van der Waals surface area contributed by atoms with Gasteiger partial charge in [0.05, 0.1) is 23.5 Å². The van der Waals surface area contributed by atoms with Crippen LogP contribution in [0.2, 0.25) is 0 Å². The van der Waals surface area contributed by atoms with Crippen LogP contribution in [0.25, 0.3) is 0 Å². The van der Waals surface area contributed by atoms with Crippen molar-refractivity contribution in [2.75, 3.05) is 6.61 Å². The Morgan fingerprint density at radius 1 is 1.17 bits per heavy atom. The molecule has 2 aliphatic rings. The van der Waals surface area contributed by atoms with Gasteiger partial charge >= 0.3 is 5.97 Å². The van der Waals surface area contributed by atoms with Gasteiger partial charge in [-0.15, -0.1) is 0 Å². The third kappa shape index (κ3) is 3.94. The lowest BCUT2D eigenvalue weighted by Crippen LogP contribution is -2.65. The van der Waals surface area contributed by atoms with E-state index in [2.05, 4.69) is 11.8 Å². The quantitative estimate of drug-likeness (QED) is 0.514. The molecule has 0 aliphatic carbocycles. The van der Waals surface area contributed by atoms with E-state index in [1.54, 1.807) is 38.1 Å². The third-order valence-corrected chi connectivity index (χ3v) is 7.71. The highest BCUT2D eigenvalue weighted by Gasteiger charge is 2.80. The van der Waals surface area contributed by atoms with Gasteiger partial charge in [0, 0.05) is 18.3 Å². The summed E-state index contributed by atoms with van der Waals surface area (Å²) < 4.78 is 5.78.